The zero-order valence-electron chi connectivity index (χ0n) is 9.15. The molecule has 0 amide bonds. The van der Waals surface area contributed by atoms with Crippen LogP contribution in [-0.2, 0) is 4.79 Å². The van der Waals surface area contributed by atoms with Crippen LogP contribution in [0.2, 0.25) is 0 Å². The second-order valence-corrected chi connectivity index (χ2v) is 2.97. The second kappa shape index (κ2) is 16.9. The molecule has 0 saturated heterocycles. The summed E-state index contributed by atoms with van der Waals surface area (Å²) in [6.45, 7) is 7.55. The average molecular weight is 175 g/mol. The van der Waals surface area contributed by atoms with E-state index in [2.05, 4.69) is 13.8 Å². The number of carbonyl (C=O) groups is 1. The molecule has 76 valence electrons. The summed E-state index contributed by atoms with van der Waals surface area (Å²) in [4.78, 5) is 9.44. The van der Waals surface area contributed by atoms with E-state index in [1.165, 1.54) is 46.0 Å². The fraction of sp³-hybridized carbons (Fsp3) is 0.900. The van der Waals surface area contributed by atoms with Gasteiger partial charge in [-0.3, -0.25) is 0 Å². The Morgan fingerprint density at radius 2 is 1.17 bits per heavy atom. The van der Waals surface area contributed by atoms with Crippen LogP contribution in [0.1, 0.15) is 59.8 Å². The first kappa shape index (κ1) is 17.6. The molecule has 2 nitrogen and oxygen atoms in total. The molecule has 0 atom stereocenters. The predicted octanol–water partition coefficient (Wildman–Crippen LogP) is 3.73. The number of ketones is 1. The maximum atomic E-state index is 9.44. The third kappa shape index (κ3) is 54.4. The molecule has 0 aliphatic rings. The highest BCUT2D eigenvalue weighted by Gasteiger charge is 1.80. The molecule has 3 N–H and O–H groups in total. The maximum Gasteiger partial charge on any atom is 0.126 e. The van der Waals surface area contributed by atoms with Crippen LogP contribution in [-0.4, -0.2) is 5.78 Å². The first-order chi connectivity index (χ1) is 5.15. The van der Waals surface area contributed by atoms with E-state index in [0.29, 0.717) is 0 Å². The van der Waals surface area contributed by atoms with Crippen molar-refractivity contribution in [3.05, 3.63) is 0 Å². The minimum atomic E-state index is 0. The molecule has 0 aromatic rings. The summed E-state index contributed by atoms with van der Waals surface area (Å²) in [5.41, 5.74) is 0. The number of unbranched alkanes of at least 4 members (excludes halogenated alkanes) is 4. The van der Waals surface area contributed by atoms with Gasteiger partial charge < -0.3 is 10.9 Å². The lowest BCUT2D eigenvalue weighted by Gasteiger charge is -1.90. The molecule has 0 aliphatic carbocycles. The average Bonchev–Trinajstić information content (AvgIpc) is 1.88. The van der Waals surface area contributed by atoms with Gasteiger partial charge >= 0.3 is 0 Å². The topological polar surface area (TPSA) is 52.1 Å². The summed E-state index contributed by atoms with van der Waals surface area (Å²) >= 11 is 0. The van der Waals surface area contributed by atoms with Crippen molar-refractivity contribution in [2.45, 2.75) is 59.8 Å². The van der Waals surface area contributed by atoms with Gasteiger partial charge in [0.25, 0.3) is 0 Å². The number of hydrogen-bond acceptors (Lipinski definition) is 2. The fourth-order valence-electron chi connectivity index (χ4n) is 0.677. The molecule has 0 heterocycles. The smallest absolute Gasteiger partial charge is 0.126 e. The zero-order valence-corrected chi connectivity index (χ0v) is 9.15. The normalized spacial score (nSPS) is 7.67. The Labute approximate surface area is 77.3 Å². The van der Waals surface area contributed by atoms with Crippen molar-refractivity contribution in [1.29, 1.82) is 0 Å². The molecule has 0 rings (SSSR count). The van der Waals surface area contributed by atoms with E-state index in [9.17, 15) is 4.79 Å². The van der Waals surface area contributed by atoms with E-state index in [1.807, 2.05) is 0 Å². The molecule has 0 bridgehead atoms. The van der Waals surface area contributed by atoms with Gasteiger partial charge in [0.15, 0.2) is 0 Å². The fourth-order valence-corrected chi connectivity index (χ4v) is 0.677. The van der Waals surface area contributed by atoms with Crippen LogP contribution in [0, 0.1) is 0 Å². The lowest BCUT2D eigenvalue weighted by Crippen LogP contribution is -1.70. The molecule has 0 radical (unpaired) electrons. The van der Waals surface area contributed by atoms with Crippen LogP contribution in [0.25, 0.3) is 0 Å². The van der Waals surface area contributed by atoms with Gasteiger partial charge in [-0.15, -0.1) is 0 Å². The van der Waals surface area contributed by atoms with Crippen molar-refractivity contribution >= 4 is 5.78 Å². The number of carbonyl (C=O) groups excluding carboxylic acids is 1. The van der Waals surface area contributed by atoms with Gasteiger partial charge in [-0.05, 0) is 13.8 Å². The van der Waals surface area contributed by atoms with E-state index in [-0.39, 0.29) is 11.9 Å². The lowest BCUT2D eigenvalue weighted by atomic mass is 10.2. The highest BCUT2D eigenvalue weighted by Crippen LogP contribution is 2.00. The molecular weight excluding hydrogens is 150 g/mol. The van der Waals surface area contributed by atoms with E-state index in [4.69, 9.17) is 0 Å². The van der Waals surface area contributed by atoms with E-state index in [0.717, 1.165) is 0 Å². The predicted molar refractivity (Wildman–Crippen MR) is 55.8 cm³/mol. The molecule has 0 saturated carbocycles. The quantitative estimate of drug-likeness (QED) is 0.662. The standard InChI is InChI=1S/C7H16.C3H6O.H3N/c1-3-5-7-6-4-2;1-3(2)4;/h3-7H2,1-2H3;1-2H3;1H3. The second-order valence-electron chi connectivity index (χ2n) is 2.97. The summed E-state index contributed by atoms with van der Waals surface area (Å²) < 4.78 is 0. The van der Waals surface area contributed by atoms with Gasteiger partial charge in [0.2, 0.25) is 0 Å². The van der Waals surface area contributed by atoms with Crippen molar-refractivity contribution in [2.24, 2.45) is 0 Å². The molecule has 0 spiro atoms. The Hall–Kier alpha value is -0.370. The van der Waals surface area contributed by atoms with Crippen molar-refractivity contribution in [1.82, 2.24) is 6.15 Å². The number of Topliss-reactive ketones (excluding diaryl/α,β-unsaturated/α-hetero) is 1. The van der Waals surface area contributed by atoms with Crippen molar-refractivity contribution < 1.29 is 4.79 Å². The van der Waals surface area contributed by atoms with Crippen LogP contribution < -0.4 is 6.15 Å². The van der Waals surface area contributed by atoms with Gasteiger partial charge in [-0.25, -0.2) is 0 Å². The van der Waals surface area contributed by atoms with Gasteiger partial charge in [-0.1, -0.05) is 46.0 Å². The van der Waals surface area contributed by atoms with Crippen molar-refractivity contribution in [3.63, 3.8) is 0 Å². The van der Waals surface area contributed by atoms with Crippen LogP contribution in [0.5, 0.6) is 0 Å². The third-order valence-corrected chi connectivity index (χ3v) is 1.21. The Kier molecular flexibility index (Phi) is 24.9. The Morgan fingerprint density at radius 1 is 0.917 bits per heavy atom. The molecule has 0 aliphatic heterocycles. The zero-order chi connectivity index (χ0) is 9.11. The molecule has 0 unspecified atom stereocenters. The number of hydrogen-bond donors (Lipinski definition) is 1. The van der Waals surface area contributed by atoms with Crippen LogP contribution in [0.15, 0.2) is 0 Å². The summed E-state index contributed by atoms with van der Waals surface area (Å²) in [6.07, 6.45) is 7.01. The first-order valence-electron chi connectivity index (χ1n) is 4.62. The molecule has 0 aromatic heterocycles. The van der Waals surface area contributed by atoms with Gasteiger partial charge in [0.05, 0.1) is 0 Å². The Morgan fingerprint density at radius 3 is 1.33 bits per heavy atom. The summed E-state index contributed by atoms with van der Waals surface area (Å²) in [5, 5.41) is 0. The highest BCUT2D eigenvalue weighted by atomic mass is 16.1. The van der Waals surface area contributed by atoms with E-state index >= 15 is 0 Å². The molecular formula is C10H25NO. The summed E-state index contributed by atoms with van der Waals surface area (Å²) in [5.74, 6) is 0.167. The van der Waals surface area contributed by atoms with E-state index in [1.54, 1.807) is 0 Å². The first-order valence-corrected chi connectivity index (χ1v) is 4.62. The third-order valence-electron chi connectivity index (χ3n) is 1.21. The minimum absolute atomic E-state index is 0. The monoisotopic (exact) mass is 175 g/mol. The molecule has 12 heavy (non-hydrogen) atoms. The molecule has 0 fully saturated rings. The maximum absolute atomic E-state index is 9.44. The largest absolute Gasteiger partial charge is 0.344 e. The van der Waals surface area contributed by atoms with Crippen LogP contribution >= 0.6 is 0 Å². The van der Waals surface area contributed by atoms with Crippen molar-refractivity contribution in [3.8, 4) is 0 Å². The van der Waals surface area contributed by atoms with Crippen LogP contribution in [0.3, 0.4) is 0 Å². The minimum Gasteiger partial charge on any atom is -0.344 e. The van der Waals surface area contributed by atoms with Gasteiger partial charge in [0.1, 0.15) is 5.78 Å². The Bertz CT molecular complexity index is 73.9. The van der Waals surface area contributed by atoms with E-state index < -0.39 is 0 Å². The van der Waals surface area contributed by atoms with Gasteiger partial charge in [-0.2, -0.15) is 0 Å². The van der Waals surface area contributed by atoms with Crippen molar-refractivity contribution in [2.75, 3.05) is 0 Å². The number of rotatable bonds is 4. The molecule has 0 aromatic carbocycles. The SMILES string of the molecule is CC(C)=O.CCCCCCC.N. The summed E-state index contributed by atoms with van der Waals surface area (Å²) in [6, 6.07) is 0. The Balaban J connectivity index is -0.000000142. The highest BCUT2D eigenvalue weighted by molar-refractivity contribution is 5.72. The summed E-state index contributed by atoms with van der Waals surface area (Å²) in [7, 11) is 0. The van der Waals surface area contributed by atoms with Gasteiger partial charge in [0, 0.05) is 0 Å². The molecule has 2 heteroatoms. The van der Waals surface area contributed by atoms with Crippen LogP contribution in [0.4, 0.5) is 0 Å². The lowest BCUT2D eigenvalue weighted by molar-refractivity contribution is -0.114.